The Morgan fingerprint density at radius 1 is 0.484 bits per heavy atom. The fourth-order valence-electron chi connectivity index (χ4n) is 8.04. The third-order valence-corrected chi connectivity index (χ3v) is 12.2. The highest BCUT2D eigenvalue weighted by molar-refractivity contribution is 5.70. The van der Waals surface area contributed by atoms with Gasteiger partial charge in [-0.15, -0.1) is 0 Å². The Morgan fingerprint density at radius 3 is 1.31 bits per heavy atom. The van der Waals surface area contributed by atoms with Gasteiger partial charge in [-0.2, -0.15) is 0 Å². The Kier molecular flexibility index (Phi) is 41.9. The molecule has 1 rings (SSSR count). The van der Waals surface area contributed by atoms with E-state index in [1.54, 1.807) is 0 Å². The van der Waals surface area contributed by atoms with E-state index in [-0.39, 0.29) is 32.0 Å². The number of ether oxygens (including phenoxy) is 4. The summed E-state index contributed by atoms with van der Waals surface area (Å²) in [7, 11) is 0. The smallest absolute Gasteiger partial charge is 0.306 e. The second-order valence-electron chi connectivity index (χ2n) is 18.3. The standard InChI is InChI=1S/C54H98O10/c1-3-5-7-9-11-13-15-17-19-21-23-24-25-27-29-31-33-35-37-39-41-43-50(57)63-47(46-62-54-53(60)52(59)51(58)48(44-55)64-54)45-61-49(56)42-40-38-36-34-32-30-28-26-22-20-18-16-14-12-10-8-6-4-2/h15,17,20-23,47-48,51-55,58-60H,3-14,16,18-19,24-46H2,1-2H3/b17-15-,22-20-,23-21-. The highest BCUT2D eigenvalue weighted by Crippen LogP contribution is 2.23. The van der Waals surface area contributed by atoms with E-state index in [1.807, 2.05) is 0 Å². The first-order valence-corrected chi connectivity index (χ1v) is 26.6. The maximum Gasteiger partial charge on any atom is 0.306 e. The summed E-state index contributed by atoms with van der Waals surface area (Å²) in [6, 6.07) is 0. The van der Waals surface area contributed by atoms with E-state index in [1.165, 1.54) is 141 Å². The van der Waals surface area contributed by atoms with Crippen molar-refractivity contribution in [3.8, 4) is 0 Å². The monoisotopic (exact) mass is 907 g/mol. The molecular formula is C54H98O10. The van der Waals surface area contributed by atoms with Crippen LogP contribution in [0.1, 0.15) is 239 Å². The summed E-state index contributed by atoms with van der Waals surface area (Å²) in [6.45, 7) is 3.43. The first-order valence-electron chi connectivity index (χ1n) is 26.6. The Hall–Kier alpha value is -2.08. The Balaban J connectivity index is 2.25. The van der Waals surface area contributed by atoms with Crippen molar-refractivity contribution in [3.05, 3.63) is 36.5 Å². The lowest BCUT2D eigenvalue weighted by molar-refractivity contribution is -0.305. The molecule has 1 fully saturated rings. The molecule has 1 aliphatic rings. The molecule has 6 unspecified atom stereocenters. The predicted octanol–water partition coefficient (Wildman–Crippen LogP) is 12.6. The minimum atomic E-state index is -1.60. The summed E-state index contributed by atoms with van der Waals surface area (Å²) in [6.07, 6.45) is 45.7. The zero-order chi connectivity index (χ0) is 46.6. The average molecular weight is 907 g/mol. The molecule has 4 N–H and O–H groups in total. The van der Waals surface area contributed by atoms with Crippen molar-refractivity contribution in [2.24, 2.45) is 0 Å². The minimum Gasteiger partial charge on any atom is -0.462 e. The molecule has 64 heavy (non-hydrogen) atoms. The molecule has 0 aromatic carbocycles. The van der Waals surface area contributed by atoms with Gasteiger partial charge in [0.05, 0.1) is 13.2 Å². The molecule has 10 nitrogen and oxygen atoms in total. The van der Waals surface area contributed by atoms with E-state index < -0.39 is 49.4 Å². The van der Waals surface area contributed by atoms with Crippen LogP contribution in [0.15, 0.2) is 36.5 Å². The molecule has 6 atom stereocenters. The van der Waals surface area contributed by atoms with Crippen LogP contribution in [-0.2, 0) is 28.5 Å². The number of aliphatic hydroxyl groups is 4. The van der Waals surface area contributed by atoms with E-state index in [4.69, 9.17) is 18.9 Å². The maximum absolute atomic E-state index is 12.8. The van der Waals surface area contributed by atoms with Gasteiger partial charge in [0.15, 0.2) is 12.4 Å². The van der Waals surface area contributed by atoms with Crippen LogP contribution in [0.4, 0.5) is 0 Å². The fourth-order valence-corrected chi connectivity index (χ4v) is 8.04. The van der Waals surface area contributed by atoms with Crippen molar-refractivity contribution in [2.45, 2.75) is 275 Å². The third kappa shape index (κ3) is 35.2. The van der Waals surface area contributed by atoms with Gasteiger partial charge in [-0.1, -0.05) is 192 Å². The summed E-state index contributed by atoms with van der Waals surface area (Å²) in [4.78, 5) is 25.5. The SMILES string of the molecule is CCCCCCC/C=C\C/C=C\CCCCCCCCCCCC(=O)OC(COC(=O)CCCCCCCCC/C=C\CCCCCCCCC)COC1OC(CO)C(O)C(O)C1O. The normalized spacial score (nSPS) is 19.6. The van der Waals surface area contributed by atoms with Crippen molar-refractivity contribution in [1.82, 2.24) is 0 Å². The van der Waals surface area contributed by atoms with Crippen LogP contribution in [0, 0.1) is 0 Å². The number of hydrogen-bond acceptors (Lipinski definition) is 10. The van der Waals surface area contributed by atoms with Crippen molar-refractivity contribution in [2.75, 3.05) is 19.8 Å². The molecule has 0 aromatic heterocycles. The summed E-state index contributed by atoms with van der Waals surface area (Å²) in [5, 5.41) is 40.2. The van der Waals surface area contributed by atoms with E-state index in [2.05, 4.69) is 50.3 Å². The molecule has 0 aliphatic carbocycles. The number of hydrogen-bond donors (Lipinski definition) is 4. The Bertz CT molecular complexity index is 1140. The van der Waals surface area contributed by atoms with Gasteiger partial charge in [0.1, 0.15) is 31.0 Å². The summed E-state index contributed by atoms with van der Waals surface area (Å²) < 4.78 is 22.3. The molecule has 0 spiro atoms. The third-order valence-electron chi connectivity index (χ3n) is 12.2. The van der Waals surface area contributed by atoms with Gasteiger partial charge >= 0.3 is 11.9 Å². The van der Waals surface area contributed by atoms with Crippen LogP contribution in [0.2, 0.25) is 0 Å². The van der Waals surface area contributed by atoms with Gasteiger partial charge in [0.25, 0.3) is 0 Å². The van der Waals surface area contributed by atoms with Crippen LogP contribution in [0.5, 0.6) is 0 Å². The van der Waals surface area contributed by atoms with Crippen LogP contribution >= 0.6 is 0 Å². The molecule has 0 amide bonds. The quantitative estimate of drug-likeness (QED) is 0.0264. The van der Waals surface area contributed by atoms with Crippen LogP contribution in [0.25, 0.3) is 0 Å². The van der Waals surface area contributed by atoms with E-state index in [0.717, 1.165) is 64.2 Å². The topological polar surface area (TPSA) is 152 Å². The highest BCUT2D eigenvalue weighted by atomic mass is 16.7. The van der Waals surface area contributed by atoms with Gasteiger partial charge in [-0.05, 0) is 70.6 Å². The van der Waals surface area contributed by atoms with E-state index in [0.29, 0.717) is 6.42 Å². The molecule has 1 heterocycles. The molecule has 374 valence electrons. The van der Waals surface area contributed by atoms with Crippen molar-refractivity contribution in [1.29, 1.82) is 0 Å². The number of unbranched alkanes of at least 4 members (excludes halogenated alkanes) is 28. The Morgan fingerprint density at radius 2 is 0.875 bits per heavy atom. The molecule has 1 aliphatic heterocycles. The number of allylic oxidation sites excluding steroid dienone is 6. The second-order valence-corrected chi connectivity index (χ2v) is 18.3. The number of carbonyl (C=O) groups excluding carboxylic acids is 2. The zero-order valence-electron chi connectivity index (χ0n) is 41.0. The van der Waals surface area contributed by atoms with Gasteiger partial charge in [-0.3, -0.25) is 9.59 Å². The lowest BCUT2D eigenvalue weighted by Gasteiger charge is -2.39. The van der Waals surface area contributed by atoms with E-state index >= 15 is 0 Å². The van der Waals surface area contributed by atoms with Crippen molar-refractivity contribution < 1.29 is 49.0 Å². The lowest BCUT2D eigenvalue weighted by atomic mass is 9.99. The summed E-state index contributed by atoms with van der Waals surface area (Å²) in [5.74, 6) is -0.808. The fraction of sp³-hybridized carbons (Fsp3) is 0.852. The highest BCUT2D eigenvalue weighted by Gasteiger charge is 2.44. The molecule has 10 heteroatoms. The number of esters is 2. The largest absolute Gasteiger partial charge is 0.462 e. The van der Waals surface area contributed by atoms with Crippen molar-refractivity contribution in [3.63, 3.8) is 0 Å². The molecule has 0 bridgehead atoms. The number of aliphatic hydroxyl groups excluding tert-OH is 4. The lowest BCUT2D eigenvalue weighted by Crippen LogP contribution is -2.59. The first kappa shape index (κ1) is 59.9. The van der Waals surface area contributed by atoms with Gasteiger partial charge in [0, 0.05) is 12.8 Å². The van der Waals surface area contributed by atoms with Gasteiger partial charge in [0.2, 0.25) is 0 Å². The molecular weight excluding hydrogens is 809 g/mol. The first-order chi connectivity index (χ1) is 31.3. The number of carbonyl (C=O) groups is 2. The molecule has 0 radical (unpaired) electrons. The number of rotatable bonds is 45. The van der Waals surface area contributed by atoms with Crippen LogP contribution < -0.4 is 0 Å². The van der Waals surface area contributed by atoms with Crippen LogP contribution in [-0.4, -0.2) is 89.0 Å². The van der Waals surface area contributed by atoms with Gasteiger partial charge in [-0.25, -0.2) is 0 Å². The minimum absolute atomic E-state index is 0.220. The van der Waals surface area contributed by atoms with E-state index in [9.17, 15) is 30.0 Å². The molecule has 0 saturated carbocycles. The van der Waals surface area contributed by atoms with Crippen LogP contribution in [0.3, 0.4) is 0 Å². The summed E-state index contributed by atoms with van der Waals surface area (Å²) in [5.41, 5.74) is 0. The predicted molar refractivity (Wildman–Crippen MR) is 261 cm³/mol. The molecule has 1 saturated heterocycles. The maximum atomic E-state index is 12.8. The molecule has 0 aromatic rings. The van der Waals surface area contributed by atoms with Gasteiger partial charge < -0.3 is 39.4 Å². The zero-order valence-corrected chi connectivity index (χ0v) is 41.0. The van der Waals surface area contributed by atoms with Crippen molar-refractivity contribution >= 4 is 11.9 Å². The summed E-state index contributed by atoms with van der Waals surface area (Å²) >= 11 is 0. The Labute approximate surface area is 391 Å². The average Bonchev–Trinajstić information content (AvgIpc) is 3.29. The second kappa shape index (κ2) is 44.7.